The van der Waals surface area contributed by atoms with Crippen molar-refractivity contribution in [2.24, 2.45) is 5.73 Å². The zero-order chi connectivity index (χ0) is 18.4. The van der Waals surface area contributed by atoms with Crippen LogP contribution in [0.3, 0.4) is 0 Å². The molecule has 0 aliphatic rings. The minimum absolute atomic E-state index is 0.0689. The summed E-state index contributed by atoms with van der Waals surface area (Å²) in [6.45, 7) is -1.28. The molecule has 0 aliphatic carbocycles. The average Bonchev–Trinajstić information content (AvgIpc) is 2.56. The molecule has 2 rings (SSSR count). The van der Waals surface area contributed by atoms with Gasteiger partial charge in [0.1, 0.15) is 11.9 Å². The van der Waals surface area contributed by atoms with Crippen molar-refractivity contribution in [2.45, 2.75) is 19.6 Å². The number of nitrogens with two attached hydrogens (primary N) is 1. The van der Waals surface area contributed by atoms with E-state index in [9.17, 15) is 8.78 Å². The van der Waals surface area contributed by atoms with Gasteiger partial charge in [-0.3, -0.25) is 0 Å². The van der Waals surface area contributed by atoms with E-state index in [1.165, 1.54) is 30.7 Å². The number of nitrogens with one attached hydrogen (secondary N) is 1. The lowest BCUT2D eigenvalue weighted by Gasteiger charge is -2.14. The summed E-state index contributed by atoms with van der Waals surface area (Å²) >= 11 is 11.5. The molecule has 0 amide bonds. The Hall–Kier alpha value is -2.32. The van der Waals surface area contributed by atoms with E-state index < -0.39 is 12.7 Å². The molecule has 1 aromatic carbocycles. The number of hydrogen-bond donors (Lipinski definition) is 2. The molecule has 0 aliphatic heterocycles. The van der Waals surface area contributed by atoms with E-state index in [1.54, 1.807) is 13.0 Å². The second-order valence-corrected chi connectivity index (χ2v) is 5.60. The van der Waals surface area contributed by atoms with E-state index >= 15 is 0 Å². The highest BCUT2D eigenvalue weighted by atomic mass is 35.5. The molecule has 1 heterocycles. The van der Waals surface area contributed by atoms with E-state index in [2.05, 4.69) is 20.0 Å². The third-order valence-electron chi connectivity index (χ3n) is 2.90. The van der Waals surface area contributed by atoms with Crippen molar-refractivity contribution >= 4 is 28.9 Å². The zero-order valence-electron chi connectivity index (χ0n) is 12.9. The molecule has 134 valence electrons. The van der Waals surface area contributed by atoms with Crippen LogP contribution in [0.25, 0.3) is 0 Å². The SMILES string of the molecule is CC(Oc1ncc(Cl)cn1)/C(N)=C/Nc1ccc(Cl)c(OC(F)F)c1. The van der Waals surface area contributed by atoms with Crippen molar-refractivity contribution in [3.8, 4) is 11.8 Å². The first-order valence-electron chi connectivity index (χ1n) is 6.96. The Labute approximate surface area is 152 Å². The summed E-state index contributed by atoms with van der Waals surface area (Å²) < 4.78 is 34.4. The van der Waals surface area contributed by atoms with Gasteiger partial charge in [-0.2, -0.15) is 8.78 Å². The van der Waals surface area contributed by atoms with Crippen LogP contribution in [0.2, 0.25) is 10.0 Å². The molecule has 1 aromatic heterocycles. The largest absolute Gasteiger partial charge is 0.454 e. The van der Waals surface area contributed by atoms with Gasteiger partial charge in [-0.25, -0.2) is 9.97 Å². The van der Waals surface area contributed by atoms with Gasteiger partial charge in [-0.05, 0) is 19.1 Å². The number of anilines is 1. The molecule has 0 saturated heterocycles. The van der Waals surface area contributed by atoms with Crippen LogP contribution in [0.15, 0.2) is 42.5 Å². The van der Waals surface area contributed by atoms with Crippen LogP contribution in [0.1, 0.15) is 6.92 Å². The summed E-state index contributed by atoms with van der Waals surface area (Å²) in [5.74, 6) is -0.146. The number of benzene rings is 1. The van der Waals surface area contributed by atoms with Crippen LogP contribution >= 0.6 is 23.2 Å². The van der Waals surface area contributed by atoms with Gasteiger partial charge in [0.2, 0.25) is 0 Å². The lowest BCUT2D eigenvalue weighted by molar-refractivity contribution is -0.0497. The predicted molar refractivity (Wildman–Crippen MR) is 91.1 cm³/mol. The highest BCUT2D eigenvalue weighted by molar-refractivity contribution is 6.32. The van der Waals surface area contributed by atoms with Gasteiger partial charge in [0.05, 0.1) is 28.1 Å². The van der Waals surface area contributed by atoms with Crippen molar-refractivity contribution in [3.63, 3.8) is 0 Å². The van der Waals surface area contributed by atoms with E-state index in [0.717, 1.165) is 0 Å². The van der Waals surface area contributed by atoms with Gasteiger partial charge in [0, 0.05) is 18.0 Å². The Morgan fingerprint density at radius 1 is 1.24 bits per heavy atom. The topological polar surface area (TPSA) is 82.3 Å². The molecular weight excluding hydrogens is 377 g/mol. The molecule has 0 spiro atoms. The first kappa shape index (κ1) is 19.0. The van der Waals surface area contributed by atoms with Gasteiger partial charge < -0.3 is 20.5 Å². The second-order valence-electron chi connectivity index (χ2n) is 4.76. The average molecular weight is 391 g/mol. The Bertz CT molecular complexity index is 745. The van der Waals surface area contributed by atoms with Crippen LogP contribution in [0, 0.1) is 0 Å². The van der Waals surface area contributed by atoms with Crippen molar-refractivity contribution in [1.29, 1.82) is 0 Å². The van der Waals surface area contributed by atoms with E-state index in [4.69, 9.17) is 33.7 Å². The van der Waals surface area contributed by atoms with Gasteiger partial charge in [0.15, 0.2) is 0 Å². The summed E-state index contributed by atoms with van der Waals surface area (Å²) in [4.78, 5) is 7.79. The maximum Gasteiger partial charge on any atom is 0.387 e. The lowest BCUT2D eigenvalue weighted by Crippen LogP contribution is -2.22. The first-order valence-corrected chi connectivity index (χ1v) is 7.71. The maximum absolute atomic E-state index is 12.3. The van der Waals surface area contributed by atoms with Gasteiger partial charge >= 0.3 is 12.6 Å². The molecule has 10 heteroatoms. The van der Waals surface area contributed by atoms with Crippen LogP contribution in [0.4, 0.5) is 14.5 Å². The molecular formula is C15H14Cl2F2N4O2. The van der Waals surface area contributed by atoms with E-state index in [0.29, 0.717) is 16.4 Å². The van der Waals surface area contributed by atoms with Crippen molar-refractivity contribution in [2.75, 3.05) is 5.32 Å². The second kappa shape index (κ2) is 8.68. The number of nitrogens with zero attached hydrogens (tertiary/aromatic N) is 2. The molecule has 0 fully saturated rings. The Morgan fingerprint density at radius 3 is 2.56 bits per heavy atom. The minimum atomic E-state index is -2.97. The third kappa shape index (κ3) is 5.91. The van der Waals surface area contributed by atoms with Crippen molar-refractivity contribution in [1.82, 2.24) is 9.97 Å². The number of rotatable bonds is 7. The first-order chi connectivity index (χ1) is 11.8. The van der Waals surface area contributed by atoms with Crippen LogP contribution in [-0.4, -0.2) is 22.7 Å². The van der Waals surface area contributed by atoms with Gasteiger partial charge in [0.25, 0.3) is 0 Å². The molecule has 6 nitrogen and oxygen atoms in total. The summed E-state index contributed by atoms with van der Waals surface area (Å²) in [7, 11) is 0. The Balaban J connectivity index is 2.01. The lowest BCUT2D eigenvalue weighted by atomic mass is 10.3. The summed E-state index contributed by atoms with van der Waals surface area (Å²) in [6.07, 6.45) is 3.70. The highest BCUT2D eigenvalue weighted by Gasteiger charge is 2.11. The zero-order valence-corrected chi connectivity index (χ0v) is 14.4. The normalized spacial score (nSPS) is 12.8. The van der Waals surface area contributed by atoms with Crippen LogP contribution in [0.5, 0.6) is 11.8 Å². The van der Waals surface area contributed by atoms with Crippen LogP contribution in [-0.2, 0) is 0 Å². The maximum atomic E-state index is 12.3. The number of aromatic nitrogens is 2. The molecule has 2 aromatic rings. The smallest absolute Gasteiger partial charge is 0.387 e. The molecule has 0 radical (unpaired) electrons. The number of halogens is 4. The highest BCUT2D eigenvalue weighted by Crippen LogP contribution is 2.29. The standard InChI is InChI=1S/C15H14Cl2F2N4O2/c1-8(24-15-22-5-9(16)6-23-15)12(20)7-21-10-2-3-11(17)13(4-10)25-14(18)19/h2-8,14,21H,20H2,1H3/b12-7-. The molecule has 3 N–H and O–H groups in total. The Kier molecular flexibility index (Phi) is 6.60. The fourth-order valence-electron chi connectivity index (χ4n) is 1.65. The monoisotopic (exact) mass is 390 g/mol. The molecule has 1 atom stereocenters. The molecule has 0 saturated carbocycles. The summed E-state index contributed by atoms with van der Waals surface area (Å²) in [6, 6.07) is 4.45. The Morgan fingerprint density at radius 2 is 1.92 bits per heavy atom. The van der Waals surface area contributed by atoms with E-state index in [1.807, 2.05) is 0 Å². The number of ether oxygens (including phenoxy) is 2. The predicted octanol–water partition coefficient (Wildman–Crippen LogP) is 4.06. The van der Waals surface area contributed by atoms with Gasteiger partial charge in [-0.1, -0.05) is 23.2 Å². The fourth-order valence-corrected chi connectivity index (χ4v) is 1.91. The third-order valence-corrected chi connectivity index (χ3v) is 3.41. The minimum Gasteiger partial charge on any atom is -0.454 e. The van der Waals surface area contributed by atoms with Crippen LogP contribution < -0.4 is 20.5 Å². The summed E-state index contributed by atoms with van der Waals surface area (Å²) in [5, 5.41) is 3.30. The summed E-state index contributed by atoms with van der Waals surface area (Å²) in [5.41, 5.74) is 6.69. The molecule has 1 unspecified atom stereocenters. The number of alkyl halides is 2. The van der Waals surface area contributed by atoms with Crippen molar-refractivity contribution < 1.29 is 18.3 Å². The molecule has 0 bridgehead atoms. The van der Waals surface area contributed by atoms with E-state index in [-0.39, 0.29) is 16.8 Å². The quantitative estimate of drug-likeness (QED) is 0.741. The van der Waals surface area contributed by atoms with Gasteiger partial charge in [-0.15, -0.1) is 0 Å². The number of hydrogen-bond acceptors (Lipinski definition) is 6. The fraction of sp³-hybridized carbons (Fsp3) is 0.200. The van der Waals surface area contributed by atoms with Crippen molar-refractivity contribution in [3.05, 3.63) is 52.5 Å². The molecule has 25 heavy (non-hydrogen) atoms.